The number of thiazole rings is 1. The number of aromatic nitrogens is 5. The Morgan fingerprint density at radius 3 is 3.00 bits per heavy atom. The summed E-state index contributed by atoms with van der Waals surface area (Å²) >= 11 is 1.49. The predicted octanol–water partition coefficient (Wildman–Crippen LogP) is 3.08. The molecular weight excluding hydrogens is 300 g/mol. The number of nitrogens with zero attached hydrogens (tertiary/aromatic N) is 4. The van der Waals surface area contributed by atoms with Gasteiger partial charge in [-0.15, -0.1) is 11.3 Å². The number of hydrogen-bond donors (Lipinski definition) is 2. The highest BCUT2D eigenvalue weighted by Crippen LogP contribution is 2.30. The van der Waals surface area contributed by atoms with Crippen molar-refractivity contribution in [1.82, 2.24) is 25.1 Å². The van der Waals surface area contributed by atoms with Crippen LogP contribution in [-0.2, 0) is 4.74 Å². The lowest BCUT2D eigenvalue weighted by Gasteiger charge is -2.08. The van der Waals surface area contributed by atoms with Gasteiger partial charge in [0.05, 0.1) is 23.7 Å². The molecule has 114 valence electrons. The van der Waals surface area contributed by atoms with Crippen molar-refractivity contribution >= 4 is 22.4 Å². The zero-order chi connectivity index (χ0) is 15.5. The highest BCUT2D eigenvalue weighted by Gasteiger charge is 2.16. The molecule has 0 aliphatic heterocycles. The van der Waals surface area contributed by atoms with Gasteiger partial charge in [-0.1, -0.05) is 0 Å². The Kier molecular flexibility index (Phi) is 4.12. The van der Waals surface area contributed by atoms with Crippen molar-refractivity contribution in [2.75, 3.05) is 12.4 Å². The van der Waals surface area contributed by atoms with Gasteiger partial charge >= 0.3 is 0 Å². The van der Waals surface area contributed by atoms with E-state index in [2.05, 4.69) is 30.5 Å². The standard InChI is InChI=1S/C14H16N6OS/c1-8-4-5-15-13(17-8)19-14-18-11(7-22-14)10-6-16-20-12(10)9(2)21-3/h4-7,9H,1-3H3,(H,16,20)(H,15,17,18,19). The lowest BCUT2D eigenvalue weighted by atomic mass is 10.1. The molecule has 22 heavy (non-hydrogen) atoms. The van der Waals surface area contributed by atoms with Crippen LogP contribution in [0, 0.1) is 6.92 Å². The van der Waals surface area contributed by atoms with Crippen LogP contribution in [0.5, 0.6) is 0 Å². The maximum atomic E-state index is 5.34. The molecule has 3 aromatic rings. The molecule has 0 amide bonds. The number of anilines is 2. The molecule has 0 aliphatic carbocycles. The van der Waals surface area contributed by atoms with Crippen LogP contribution in [-0.4, -0.2) is 32.3 Å². The molecular formula is C14H16N6OS. The Morgan fingerprint density at radius 1 is 1.36 bits per heavy atom. The highest BCUT2D eigenvalue weighted by molar-refractivity contribution is 7.14. The summed E-state index contributed by atoms with van der Waals surface area (Å²) in [4.78, 5) is 13.0. The summed E-state index contributed by atoms with van der Waals surface area (Å²) in [7, 11) is 1.67. The van der Waals surface area contributed by atoms with Crippen LogP contribution in [0.4, 0.5) is 11.1 Å². The molecule has 0 aromatic carbocycles. The molecule has 0 spiro atoms. The molecule has 0 saturated heterocycles. The van der Waals surface area contributed by atoms with Gasteiger partial charge < -0.3 is 10.1 Å². The molecule has 1 unspecified atom stereocenters. The second-order valence-electron chi connectivity index (χ2n) is 4.76. The first-order valence-corrected chi connectivity index (χ1v) is 7.64. The zero-order valence-corrected chi connectivity index (χ0v) is 13.3. The van der Waals surface area contributed by atoms with E-state index in [1.165, 1.54) is 11.3 Å². The maximum absolute atomic E-state index is 5.34. The number of rotatable bonds is 5. The summed E-state index contributed by atoms with van der Waals surface area (Å²) in [5, 5.41) is 12.9. The van der Waals surface area contributed by atoms with Crippen molar-refractivity contribution in [3.05, 3.63) is 35.2 Å². The van der Waals surface area contributed by atoms with Gasteiger partial charge in [-0.25, -0.2) is 15.0 Å². The molecule has 0 radical (unpaired) electrons. The average Bonchev–Trinajstić information content (AvgIpc) is 3.15. The van der Waals surface area contributed by atoms with Gasteiger partial charge in [-0.3, -0.25) is 5.10 Å². The summed E-state index contributed by atoms with van der Waals surface area (Å²) in [5.74, 6) is 0.540. The number of methoxy groups -OCH3 is 1. The Bertz CT molecular complexity index is 768. The molecule has 2 N–H and O–H groups in total. The van der Waals surface area contributed by atoms with Gasteiger partial charge in [0.25, 0.3) is 0 Å². The van der Waals surface area contributed by atoms with E-state index >= 15 is 0 Å². The van der Waals surface area contributed by atoms with Gasteiger partial charge in [0.15, 0.2) is 5.13 Å². The fraction of sp³-hybridized carbons (Fsp3) is 0.286. The van der Waals surface area contributed by atoms with Crippen LogP contribution in [0.2, 0.25) is 0 Å². The first-order valence-electron chi connectivity index (χ1n) is 6.76. The minimum Gasteiger partial charge on any atom is -0.375 e. The van der Waals surface area contributed by atoms with Crippen LogP contribution >= 0.6 is 11.3 Å². The van der Waals surface area contributed by atoms with Gasteiger partial charge in [0.2, 0.25) is 5.95 Å². The molecule has 0 aliphatic rings. The lowest BCUT2D eigenvalue weighted by Crippen LogP contribution is -1.99. The van der Waals surface area contributed by atoms with Gasteiger partial charge in [-0.2, -0.15) is 5.10 Å². The van der Waals surface area contributed by atoms with E-state index in [1.54, 1.807) is 19.5 Å². The van der Waals surface area contributed by atoms with Gasteiger partial charge in [-0.05, 0) is 19.9 Å². The molecule has 3 heterocycles. The van der Waals surface area contributed by atoms with E-state index < -0.39 is 0 Å². The number of hydrogen-bond acceptors (Lipinski definition) is 7. The van der Waals surface area contributed by atoms with Crippen molar-refractivity contribution in [3.8, 4) is 11.3 Å². The number of H-pyrrole nitrogens is 1. The Morgan fingerprint density at radius 2 is 2.23 bits per heavy atom. The van der Waals surface area contributed by atoms with Crippen LogP contribution in [0.15, 0.2) is 23.8 Å². The Hall–Kier alpha value is -2.32. The fourth-order valence-corrected chi connectivity index (χ4v) is 2.69. The smallest absolute Gasteiger partial charge is 0.229 e. The number of ether oxygens (including phenoxy) is 1. The van der Waals surface area contributed by atoms with E-state index in [-0.39, 0.29) is 6.10 Å². The van der Waals surface area contributed by atoms with Crippen LogP contribution in [0.25, 0.3) is 11.3 Å². The Labute approximate surface area is 131 Å². The third kappa shape index (κ3) is 2.97. The topological polar surface area (TPSA) is 88.6 Å². The molecule has 3 rings (SSSR count). The van der Waals surface area contributed by atoms with Crippen molar-refractivity contribution in [1.29, 1.82) is 0 Å². The molecule has 1 atom stereocenters. The monoisotopic (exact) mass is 316 g/mol. The molecule has 0 saturated carbocycles. The number of aryl methyl sites for hydroxylation is 1. The minimum atomic E-state index is -0.0734. The summed E-state index contributed by atoms with van der Waals surface area (Å²) < 4.78 is 5.34. The fourth-order valence-electron chi connectivity index (χ4n) is 1.99. The summed E-state index contributed by atoms with van der Waals surface area (Å²) in [5.41, 5.74) is 3.59. The van der Waals surface area contributed by atoms with Crippen LogP contribution in [0.1, 0.15) is 24.4 Å². The summed E-state index contributed by atoms with van der Waals surface area (Å²) in [6.07, 6.45) is 3.40. The Balaban J connectivity index is 1.84. The summed E-state index contributed by atoms with van der Waals surface area (Å²) in [6.45, 7) is 3.88. The second kappa shape index (κ2) is 6.20. The number of aromatic amines is 1. The van der Waals surface area contributed by atoms with Crippen LogP contribution in [0.3, 0.4) is 0 Å². The highest BCUT2D eigenvalue weighted by atomic mass is 32.1. The van der Waals surface area contributed by atoms with Crippen molar-refractivity contribution < 1.29 is 4.74 Å². The first kappa shape index (κ1) is 14.6. The number of nitrogens with one attached hydrogen (secondary N) is 2. The molecule has 7 nitrogen and oxygen atoms in total. The van der Waals surface area contributed by atoms with Crippen molar-refractivity contribution in [2.45, 2.75) is 20.0 Å². The van der Waals surface area contributed by atoms with Crippen molar-refractivity contribution in [3.63, 3.8) is 0 Å². The van der Waals surface area contributed by atoms with E-state index in [0.29, 0.717) is 5.95 Å². The second-order valence-corrected chi connectivity index (χ2v) is 5.62. The van der Waals surface area contributed by atoms with E-state index in [9.17, 15) is 0 Å². The quantitative estimate of drug-likeness (QED) is 0.752. The van der Waals surface area contributed by atoms with E-state index in [1.807, 2.05) is 25.3 Å². The molecule has 8 heteroatoms. The lowest BCUT2D eigenvalue weighted by molar-refractivity contribution is 0.116. The molecule has 0 bridgehead atoms. The van der Waals surface area contributed by atoms with Gasteiger partial charge in [0.1, 0.15) is 0 Å². The average molecular weight is 316 g/mol. The van der Waals surface area contributed by atoms with Crippen molar-refractivity contribution in [2.24, 2.45) is 0 Å². The van der Waals surface area contributed by atoms with Gasteiger partial charge in [0, 0.05) is 29.9 Å². The third-order valence-corrected chi connectivity index (χ3v) is 3.98. The SMILES string of the molecule is COC(C)c1[nH]ncc1-c1csc(Nc2nccc(C)n2)n1. The normalized spacial score (nSPS) is 12.3. The zero-order valence-electron chi connectivity index (χ0n) is 12.5. The predicted molar refractivity (Wildman–Crippen MR) is 85.2 cm³/mol. The molecule has 3 aromatic heterocycles. The van der Waals surface area contributed by atoms with E-state index in [0.717, 1.165) is 27.8 Å². The van der Waals surface area contributed by atoms with Crippen LogP contribution < -0.4 is 5.32 Å². The first-order chi connectivity index (χ1) is 10.7. The third-order valence-electron chi connectivity index (χ3n) is 3.22. The summed E-state index contributed by atoms with van der Waals surface area (Å²) in [6, 6.07) is 1.85. The molecule has 0 fully saturated rings. The minimum absolute atomic E-state index is 0.0734. The van der Waals surface area contributed by atoms with E-state index in [4.69, 9.17) is 4.74 Å². The maximum Gasteiger partial charge on any atom is 0.229 e. The largest absolute Gasteiger partial charge is 0.375 e.